The van der Waals surface area contributed by atoms with Crippen LogP contribution in [0, 0.1) is 11.3 Å². The number of nitriles is 1. The highest BCUT2D eigenvalue weighted by molar-refractivity contribution is 5.86. The molecular formula is C31H29N5O2. The van der Waals surface area contributed by atoms with E-state index in [2.05, 4.69) is 16.0 Å². The molecule has 4 aromatic rings. The van der Waals surface area contributed by atoms with Gasteiger partial charge in [-0.25, -0.2) is 4.98 Å². The van der Waals surface area contributed by atoms with Gasteiger partial charge in [-0.05, 0) is 85.0 Å². The predicted molar refractivity (Wildman–Crippen MR) is 147 cm³/mol. The van der Waals surface area contributed by atoms with Crippen LogP contribution < -0.4 is 4.90 Å². The summed E-state index contributed by atoms with van der Waals surface area (Å²) in [5.41, 5.74) is 4.71. The molecule has 5 rings (SSSR count). The number of anilines is 1. The van der Waals surface area contributed by atoms with Gasteiger partial charge in [0, 0.05) is 37.6 Å². The van der Waals surface area contributed by atoms with Crippen LogP contribution in [0.5, 0.6) is 5.75 Å². The van der Waals surface area contributed by atoms with Crippen LogP contribution in [0.3, 0.4) is 0 Å². The minimum absolute atomic E-state index is 0.0801. The molecule has 1 aliphatic heterocycles. The van der Waals surface area contributed by atoms with Gasteiger partial charge in [0.05, 0.1) is 17.3 Å². The largest absolute Gasteiger partial charge is 0.507 e. The number of likely N-dealkylation sites (N-methyl/N-ethyl adjacent to an activating group) is 1. The number of nitrogens with zero attached hydrogens (tertiary/aromatic N) is 5. The summed E-state index contributed by atoms with van der Waals surface area (Å²) >= 11 is 0. The van der Waals surface area contributed by atoms with Gasteiger partial charge in [-0.2, -0.15) is 5.26 Å². The van der Waals surface area contributed by atoms with Gasteiger partial charge in [0.25, 0.3) is 0 Å². The highest BCUT2D eigenvalue weighted by Gasteiger charge is 2.34. The fourth-order valence-corrected chi connectivity index (χ4v) is 4.96. The molecule has 0 radical (unpaired) electrons. The van der Waals surface area contributed by atoms with Gasteiger partial charge in [-0.3, -0.25) is 9.78 Å². The van der Waals surface area contributed by atoms with Crippen molar-refractivity contribution in [2.24, 2.45) is 0 Å². The van der Waals surface area contributed by atoms with Crippen LogP contribution in [-0.2, 0) is 11.3 Å². The van der Waals surface area contributed by atoms with E-state index < -0.39 is 0 Å². The summed E-state index contributed by atoms with van der Waals surface area (Å²) in [6, 6.07) is 24.2. The Bertz CT molecular complexity index is 1460. The minimum Gasteiger partial charge on any atom is -0.507 e. The highest BCUT2D eigenvalue weighted by Crippen LogP contribution is 2.35. The normalized spacial score (nSPS) is 14.7. The van der Waals surface area contributed by atoms with E-state index in [1.165, 1.54) is 0 Å². The lowest BCUT2D eigenvalue weighted by molar-refractivity contribution is -0.132. The zero-order chi connectivity index (χ0) is 26.5. The molecule has 0 aliphatic carbocycles. The number of pyridine rings is 2. The highest BCUT2D eigenvalue weighted by atomic mass is 16.3. The number of aromatic hydroxyl groups is 1. The first-order valence-corrected chi connectivity index (χ1v) is 12.8. The molecule has 0 saturated carbocycles. The molecule has 38 heavy (non-hydrogen) atoms. The Hall–Kier alpha value is -4.70. The number of para-hydroxylation sites is 1. The number of benzene rings is 2. The quantitative estimate of drug-likeness (QED) is 0.363. The fourth-order valence-electron chi connectivity index (χ4n) is 4.96. The maximum Gasteiger partial charge on any atom is 0.245 e. The van der Waals surface area contributed by atoms with E-state index in [-0.39, 0.29) is 17.7 Å². The summed E-state index contributed by atoms with van der Waals surface area (Å²) in [5, 5.41) is 19.8. The Morgan fingerprint density at radius 3 is 2.55 bits per heavy atom. The molecule has 0 bridgehead atoms. The van der Waals surface area contributed by atoms with Crippen molar-refractivity contribution in [2.75, 3.05) is 18.0 Å². The zero-order valence-corrected chi connectivity index (χ0v) is 21.3. The summed E-state index contributed by atoms with van der Waals surface area (Å²) in [6.07, 6.45) is 5.13. The van der Waals surface area contributed by atoms with E-state index in [1.807, 2.05) is 60.4 Å². The Labute approximate surface area is 222 Å². The third-order valence-corrected chi connectivity index (χ3v) is 6.99. The first kappa shape index (κ1) is 25.0. The van der Waals surface area contributed by atoms with Gasteiger partial charge >= 0.3 is 0 Å². The van der Waals surface area contributed by atoms with E-state index in [9.17, 15) is 15.2 Å². The number of amides is 1. The van der Waals surface area contributed by atoms with E-state index in [0.717, 1.165) is 29.5 Å². The molecule has 3 heterocycles. The summed E-state index contributed by atoms with van der Waals surface area (Å²) in [7, 11) is 0. The van der Waals surface area contributed by atoms with Gasteiger partial charge in [0.15, 0.2) is 0 Å². The van der Waals surface area contributed by atoms with Gasteiger partial charge in [-0.1, -0.05) is 24.3 Å². The number of rotatable bonds is 7. The van der Waals surface area contributed by atoms with Crippen molar-refractivity contribution in [1.29, 1.82) is 5.26 Å². The molecule has 2 aromatic carbocycles. The lowest BCUT2D eigenvalue weighted by atomic mass is 10.0. The van der Waals surface area contributed by atoms with Crippen molar-refractivity contribution in [2.45, 2.75) is 32.4 Å². The molecule has 0 spiro atoms. The van der Waals surface area contributed by atoms with Crippen LogP contribution in [0.1, 0.15) is 30.9 Å². The average Bonchev–Trinajstić information content (AvgIpc) is 3.46. The van der Waals surface area contributed by atoms with E-state index in [0.29, 0.717) is 42.3 Å². The average molecular weight is 504 g/mol. The monoisotopic (exact) mass is 503 g/mol. The molecule has 1 fully saturated rings. The lowest BCUT2D eigenvalue weighted by Gasteiger charge is -2.31. The molecule has 1 N–H and O–H groups in total. The molecular weight excluding hydrogens is 474 g/mol. The van der Waals surface area contributed by atoms with Crippen molar-refractivity contribution in [3.05, 3.63) is 96.3 Å². The number of aromatic nitrogens is 2. The van der Waals surface area contributed by atoms with Crippen molar-refractivity contribution < 1.29 is 9.90 Å². The first-order valence-electron chi connectivity index (χ1n) is 12.8. The van der Waals surface area contributed by atoms with Gasteiger partial charge in [0.1, 0.15) is 17.6 Å². The maximum absolute atomic E-state index is 13.8. The SMILES string of the molecule is CCN(Cc1ccncc1)C(=O)[C@@H]1CCCN1c1cc(-c2ccc(C#N)cc2)cc(-c2ccccc2O)n1. The number of phenols is 1. The molecule has 1 amide bonds. The van der Waals surface area contributed by atoms with Crippen LogP contribution >= 0.6 is 0 Å². The Kier molecular flexibility index (Phi) is 7.32. The van der Waals surface area contributed by atoms with E-state index in [1.54, 1.807) is 36.7 Å². The second-order valence-electron chi connectivity index (χ2n) is 9.36. The molecule has 1 aliphatic rings. The maximum atomic E-state index is 13.8. The molecule has 190 valence electrons. The van der Waals surface area contributed by atoms with Crippen molar-refractivity contribution in [1.82, 2.24) is 14.9 Å². The summed E-state index contributed by atoms with van der Waals surface area (Å²) in [6.45, 7) is 3.85. The van der Waals surface area contributed by atoms with Crippen molar-refractivity contribution in [3.63, 3.8) is 0 Å². The number of carbonyl (C=O) groups is 1. The molecule has 1 atom stereocenters. The van der Waals surface area contributed by atoms with Crippen LogP contribution in [0.15, 0.2) is 85.2 Å². The van der Waals surface area contributed by atoms with Crippen molar-refractivity contribution in [3.8, 4) is 34.2 Å². The molecule has 7 heteroatoms. The van der Waals surface area contributed by atoms with Crippen LogP contribution in [-0.4, -0.2) is 45.0 Å². The van der Waals surface area contributed by atoms with Gasteiger partial charge < -0.3 is 14.9 Å². The van der Waals surface area contributed by atoms with Crippen LogP contribution in [0.4, 0.5) is 5.82 Å². The van der Waals surface area contributed by atoms with Crippen molar-refractivity contribution >= 4 is 11.7 Å². The number of carbonyl (C=O) groups excluding carboxylic acids is 1. The smallest absolute Gasteiger partial charge is 0.245 e. The molecule has 0 unspecified atom stereocenters. The third kappa shape index (κ3) is 5.21. The minimum atomic E-state index is -0.322. The Balaban J connectivity index is 1.53. The number of hydrogen-bond acceptors (Lipinski definition) is 6. The van der Waals surface area contributed by atoms with E-state index in [4.69, 9.17) is 4.98 Å². The summed E-state index contributed by atoms with van der Waals surface area (Å²) < 4.78 is 0. The fraction of sp³-hybridized carbons (Fsp3) is 0.226. The Morgan fingerprint density at radius 2 is 1.84 bits per heavy atom. The Morgan fingerprint density at radius 1 is 1.08 bits per heavy atom. The number of hydrogen-bond donors (Lipinski definition) is 1. The summed E-state index contributed by atoms with van der Waals surface area (Å²) in [4.78, 5) is 26.8. The molecule has 7 nitrogen and oxygen atoms in total. The van der Waals surface area contributed by atoms with E-state index >= 15 is 0 Å². The standard InChI is InChI=1S/C31H29N5O2/c1-2-35(21-23-13-15-33-16-14-23)31(38)28-7-5-17-36(28)30-19-25(24-11-9-22(20-32)10-12-24)18-27(34-30)26-6-3-4-8-29(26)37/h3-4,6,8-16,18-19,28,37H,2,5,7,17,21H2,1H3/t28-/m0/s1. The predicted octanol–water partition coefficient (Wildman–Crippen LogP) is 5.41. The second kappa shape index (κ2) is 11.1. The molecule has 2 aromatic heterocycles. The second-order valence-corrected chi connectivity index (χ2v) is 9.36. The molecule has 1 saturated heterocycles. The first-order chi connectivity index (χ1) is 18.6. The number of phenolic OH excluding ortho intramolecular Hbond substituents is 1. The topological polar surface area (TPSA) is 93.4 Å². The summed E-state index contributed by atoms with van der Waals surface area (Å²) in [5.74, 6) is 0.920. The zero-order valence-electron chi connectivity index (χ0n) is 21.3. The van der Waals surface area contributed by atoms with Crippen LogP contribution in [0.2, 0.25) is 0 Å². The van der Waals surface area contributed by atoms with Gasteiger partial charge in [0.2, 0.25) is 5.91 Å². The third-order valence-electron chi connectivity index (χ3n) is 6.99. The van der Waals surface area contributed by atoms with Gasteiger partial charge in [-0.15, -0.1) is 0 Å². The lowest BCUT2D eigenvalue weighted by Crippen LogP contribution is -2.45. The van der Waals surface area contributed by atoms with Crippen LogP contribution in [0.25, 0.3) is 22.4 Å².